The maximum absolute atomic E-state index is 12.3. The van der Waals surface area contributed by atoms with Gasteiger partial charge in [-0.2, -0.15) is 0 Å². The molecule has 0 spiro atoms. The number of nitrogens with zero attached hydrogens (tertiary/aromatic N) is 3. The molecule has 2 heterocycles. The topological polar surface area (TPSA) is 78.3 Å². The van der Waals surface area contributed by atoms with E-state index in [0.29, 0.717) is 35.6 Å². The van der Waals surface area contributed by atoms with Gasteiger partial charge in [-0.1, -0.05) is 29.5 Å². The van der Waals surface area contributed by atoms with Gasteiger partial charge in [-0.15, -0.1) is 10.2 Å². The first-order valence-corrected chi connectivity index (χ1v) is 9.47. The largest absolute Gasteiger partial charge is 0.486 e. The second-order valence-corrected chi connectivity index (χ2v) is 6.96. The van der Waals surface area contributed by atoms with E-state index in [1.807, 2.05) is 35.8 Å². The van der Waals surface area contributed by atoms with Gasteiger partial charge in [0.1, 0.15) is 19.5 Å². The number of anilines is 1. The summed E-state index contributed by atoms with van der Waals surface area (Å²) in [7, 11) is 0. The van der Waals surface area contributed by atoms with Crippen LogP contribution in [0.25, 0.3) is 5.69 Å². The number of benzene rings is 2. The van der Waals surface area contributed by atoms with Crippen LogP contribution >= 0.6 is 11.8 Å². The molecule has 0 radical (unpaired) electrons. The van der Waals surface area contributed by atoms with Crippen LogP contribution in [0.15, 0.2) is 53.9 Å². The van der Waals surface area contributed by atoms with E-state index < -0.39 is 0 Å². The van der Waals surface area contributed by atoms with Crippen molar-refractivity contribution in [3.63, 3.8) is 0 Å². The lowest BCUT2D eigenvalue weighted by atomic mass is 10.2. The second kappa shape index (κ2) is 7.71. The third kappa shape index (κ3) is 4.06. The van der Waals surface area contributed by atoms with Crippen molar-refractivity contribution in [2.24, 2.45) is 0 Å². The molecule has 1 aliphatic rings. The molecule has 1 amide bonds. The molecule has 1 aromatic heterocycles. The monoisotopic (exact) mass is 382 g/mol. The van der Waals surface area contributed by atoms with E-state index in [1.54, 1.807) is 24.5 Å². The molecule has 0 saturated carbocycles. The molecular weight excluding hydrogens is 364 g/mol. The zero-order chi connectivity index (χ0) is 18.6. The highest BCUT2D eigenvalue weighted by Crippen LogP contribution is 2.32. The van der Waals surface area contributed by atoms with E-state index in [0.717, 1.165) is 5.69 Å². The zero-order valence-electron chi connectivity index (χ0n) is 14.7. The number of hydrogen-bond donors (Lipinski definition) is 1. The molecule has 8 heteroatoms. The molecule has 2 aromatic carbocycles. The molecule has 0 aliphatic carbocycles. The highest BCUT2D eigenvalue weighted by atomic mass is 32.2. The van der Waals surface area contributed by atoms with Crippen molar-refractivity contribution in [1.82, 2.24) is 14.8 Å². The first kappa shape index (κ1) is 17.4. The Balaban J connectivity index is 1.39. The van der Waals surface area contributed by atoms with Crippen molar-refractivity contribution in [2.75, 3.05) is 24.3 Å². The minimum absolute atomic E-state index is 0.130. The summed E-state index contributed by atoms with van der Waals surface area (Å²) >= 11 is 1.33. The predicted molar refractivity (Wildman–Crippen MR) is 103 cm³/mol. The Labute approximate surface area is 160 Å². The molecule has 0 atom stereocenters. The van der Waals surface area contributed by atoms with Gasteiger partial charge in [0.15, 0.2) is 16.7 Å². The number of nitrogens with one attached hydrogen (secondary N) is 1. The molecule has 7 nitrogen and oxygen atoms in total. The summed E-state index contributed by atoms with van der Waals surface area (Å²) in [6.45, 7) is 3.08. The van der Waals surface area contributed by atoms with Crippen LogP contribution in [0, 0.1) is 6.92 Å². The van der Waals surface area contributed by atoms with Gasteiger partial charge in [0.2, 0.25) is 5.91 Å². The SMILES string of the molecule is Cc1ccc(-n2cnnc2SCC(=O)Nc2ccc3c(c2)OCCO3)cc1. The number of thioether (sulfide) groups is 1. The summed E-state index contributed by atoms with van der Waals surface area (Å²) in [4.78, 5) is 12.3. The lowest BCUT2D eigenvalue weighted by Crippen LogP contribution is -2.17. The second-order valence-electron chi connectivity index (χ2n) is 6.01. The molecule has 0 unspecified atom stereocenters. The molecule has 0 saturated heterocycles. The van der Waals surface area contributed by atoms with Gasteiger partial charge < -0.3 is 14.8 Å². The fourth-order valence-electron chi connectivity index (χ4n) is 2.65. The maximum Gasteiger partial charge on any atom is 0.234 e. The fourth-order valence-corrected chi connectivity index (χ4v) is 3.38. The molecular formula is C19H18N4O3S. The van der Waals surface area contributed by atoms with Crippen molar-refractivity contribution in [1.29, 1.82) is 0 Å². The molecule has 4 rings (SSSR count). The Morgan fingerprint density at radius 3 is 2.74 bits per heavy atom. The van der Waals surface area contributed by atoms with Crippen molar-refractivity contribution < 1.29 is 14.3 Å². The lowest BCUT2D eigenvalue weighted by Gasteiger charge is -2.19. The van der Waals surface area contributed by atoms with Crippen LogP contribution in [0.1, 0.15) is 5.56 Å². The summed E-state index contributed by atoms with van der Waals surface area (Å²) < 4.78 is 12.9. The van der Waals surface area contributed by atoms with Crippen molar-refractivity contribution in [3.05, 3.63) is 54.4 Å². The van der Waals surface area contributed by atoms with E-state index in [-0.39, 0.29) is 11.7 Å². The lowest BCUT2D eigenvalue weighted by molar-refractivity contribution is -0.113. The number of aryl methyl sites for hydroxylation is 1. The third-order valence-electron chi connectivity index (χ3n) is 3.99. The standard InChI is InChI=1S/C19H18N4O3S/c1-13-2-5-15(6-3-13)23-12-20-22-19(23)27-11-18(24)21-14-4-7-16-17(10-14)26-9-8-25-16/h2-7,10,12H,8-9,11H2,1H3,(H,21,24). The van der Waals surface area contributed by atoms with E-state index in [1.165, 1.54) is 17.3 Å². The number of carbonyl (C=O) groups is 1. The number of aromatic nitrogens is 3. The average Bonchev–Trinajstić information content (AvgIpc) is 3.15. The minimum atomic E-state index is -0.130. The number of amides is 1. The maximum atomic E-state index is 12.3. The average molecular weight is 382 g/mol. The van der Waals surface area contributed by atoms with Gasteiger partial charge in [-0.25, -0.2) is 0 Å². The predicted octanol–water partition coefficient (Wildman–Crippen LogP) is 3.08. The Kier molecular flexibility index (Phi) is 4.97. The van der Waals surface area contributed by atoms with Gasteiger partial charge in [0, 0.05) is 17.4 Å². The molecule has 27 heavy (non-hydrogen) atoms. The third-order valence-corrected chi connectivity index (χ3v) is 4.93. The summed E-state index contributed by atoms with van der Waals surface area (Å²) in [6, 6.07) is 13.4. The van der Waals surface area contributed by atoms with Gasteiger partial charge in [-0.05, 0) is 31.2 Å². The number of hydrogen-bond acceptors (Lipinski definition) is 6. The number of rotatable bonds is 5. The fraction of sp³-hybridized carbons (Fsp3) is 0.211. The Morgan fingerprint density at radius 1 is 1.15 bits per heavy atom. The Hall–Kier alpha value is -3.00. The van der Waals surface area contributed by atoms with Gasteiger partial charge in [-0.3, -0.25) is 9.36 Å². The molecule has 1 N–H and O–H groups in total. The summed E-state index contributed by atoms with van der Waals surface area (Å²) in [6.07, 6.45) is 1.64. The van der Waals surface area contributed by atoms with Gasteiger partial charge in [0.05, 0.1) is 5.75 Å². The first-order chi connectivity index (χ1) is 13.2. The number of fused-ring (bicyclic) bond motifs is 1. The summed E-state index contributed by atoms with van der Waals surface area (Å²) in [5.41, 5.74) is 2.81. The van der Waals surface area contributed by atoms with Crippen LogP contribution in [0.5, 0.6) is 11.5 Å². The van der Waals surface area contributed by atoms with Crippen molar-refractivity contribution >= 4 is 23.4 Å². The van der Waals surface area contributed by atoms with Gasteiger partial charge in [0.25, 0.3) is 0 Å². The Bertz CT molecular complexity index is 956. The van der Waals surface area contributed by atoms with Crippen molar-refractivity contribution in [3.8, 4) is 17.2 Å². The Morgan fingerprint density at radius 2 is 1.93 bits per heavy atom. The zero-order valence-corrected chi connectivity index (χ0v) is 15.5. The summed E-state index contributed by atoms with van der Waals surface area (Å²) in [5.74, 6) is 1.43. The normalized spacial score (nSPS) is 12.6. The minimum Gasteiger partial charge on any atom is -0.486 e. The highest BCUT2D eigenvalue weighted by molar-refractivity contribution is 7.99. The molecule has 0 fully saturated rings. The van der Waals surface area contributed by atoms with Crippen LogP contribution in [0.2, 0.25) is 0 Å². The van der Waals surface area contributed by atoms with E-state index in [2.05, 4.69) is 15.5 Å². The van der Waals surface area contributed by atoms with Crippen LogP contribution in [-0.2, 0) is 4.79 Å². The van der Waals surface area contributed by atoms with E-state index >= 15 is 0 Å². The van der Waals surface area contributed by atoms with Crippen molar-refractivity contribution in [2.45, 2.75) is 12.1 Å². The molecule has 138 valence electrons. The van der Waals surface area contributed by atoms with Crippen LogP contribution in [0.3, 0.4) is 0 Å². The van der Waals surface area contributed by atoms with E-state index in [9.17, 15) is 4.79 Å². The highest BCUT2D eigenvalue weighted by Gasteiger charge is 2.14. The molecule has 1 aliphatic heterocycles. The molecule has 0 bridgehead atoms. The van der Waals surface area contributed by atoms with E-state index in [4.69, 9.17) is 9.47 Å². The quantitative estimate of drug-likeness (QED) is 0.684. The van der Waals surface area contributed by atoms with Crippen LogP contribution in [0.4, 0.5) is 5.69 Å². The number of carbonyl (C=O) groups excluding carboxylic acids is 1. The smallest absolute Gasteiger partial charge is 0.234 e. The summed E-state index contributed by atoms with van der Waals surface area (Å²) in [5, 5.41) is 11.6. The number of ether oxygens (including phenoxy) is 2. The first-order valence-electron chi connectivity index (χ1n) is 8.48. The van der Waals surface area contributed by atoms with Crippen LogP contribution < -0.4 is 14.8 Å². The van der Waals surface area contributed by atoms with Crippen LogP contribution in [-0.4, -0.2) is 39.6 Å². The molecule has 3 aromatic rings. The van der Waals surface area contributed by atoms with Gasteiger partial charge >= 0.3 is 0 Å².